The average molecular weight is 394 g/mol. The van der Waals surface area contributed by atoms with Crippen LogP contribution in [0.4, 0.5) is 17.1 Å². The third-order valence-electron chi connectivity index (χ3n) is 4.33. The average Bonchev–Trinajstić information content (AvgIpc) is 2.66. The number of nitrogens with two attached hydrogens (primary N) is 1. The summed E-state index contributed by atoms with van der Waals surface area (Å²) < 4.78 is 5.28. The molecule has 2 N–H and O–H groups in total. The maximum atomic E-state index is 12.9. The van der Waals surface area contributed by atoms with E-state index in [1.807, 2.05) is 26.0 Å². The maximum absolute atomic E-state index is 12.9. The highest BCUT2D eigenvalue weighted by molar-refractivity contribution is 6.30. The van der Waals surface area contributed by atoms with Crippen molar-refractivity contribution in [3.05, 3.63) is 81.9 Å². The second-order valence-corrected chi connectivity index (χ2v) is 6.86. The Kier molecular flexibility index (Phi) is 5.76. The lowest BCUT2D eigenvalue weighted by Gasteiger charge is -2.10. The SMILES string of the molecule is COc1cc(N)ccc1N=Nc1cc(C)c(C(=O)c2ccc(Cl)cc2)c(C)c1. The summed E-state index contributed by atoms with van der Waals surface area (Å²) in [5, 5.41) is 9.15. The van der Waals surface area contributed by atoms with Gasteiger partial charge in [-0.05, 0) is 73.5 Å². The number of anilines is 1. The van der Waals surface area contributed by atoms with Crippen LogP contribution < -0.4 is 10.5 Å². The summed E-state index contributed by atoms with van der Waals surface area (Å²) in [6.07, 6.45) is 0. The van der Waals surface area contributed by atoms with Gasteiger partial charge in [0.15, 0.2) is 5.78 Å². The van der Waals surface area contributed by atoms with Crippen LogP contribution in [0.1, 0.15) is 27.0 Å². The third kappa shape index (κ3) is 4.21. The Balaban J connectivity index is 1.92. The highest BCUT2D eigenvalue weighted by atomic mass is 35.5. The van der Waals surface area contributed by atoms with E-state index in [-0.39, 0.29) is 5.78 Å². The van der Waals surface area contributed by atoms with Gasteiger partial charge in [0, 0.05) is 27.9 Å². The smallest absolute Gasteiger partial charge is 0.193 e. The van der Waals surface area contributed by atoms with Gasteiger partial charge >= 0.3 is 0 Å². The van der Waals surface area contributed by atoms with Crippen LogP contribution in [0, 0.1) is 13.8 Å². The summed E-state index contributed by atoms with van der Waals surface area (Å²) in [6, 6.07) is 15.7. The summed E-state index contributed by atoms with van der Waals surface area (Å²) in [4.78, 5) is 12.9. The molecule has 6 heteroatoms. The summed E-state index contributed by atoms with van der Waals surface area (Å²) in [5.74, 6) is 0.502. The molecule has 3 aromatic carbocycles. The van der Waals surface area contributed by atoms with E-state index in [0.29, 0.717) is 39.0 Å². The molecule has 0 aliphatic carbocycles. The molecule has 5 nitrogen and oxygen atoms in total. The van der Waals surface area contributed by atoms with Crippen molar-refractivity contribution in [1.29, 1.82) is 0 Å². The maximum Gasteiger partial charge on any atom is 0.193 e. The van der Waals surface area contributed by atoms with Gasteiger partial charge in [-0.1, -0.05) is 11.6 Å². The molecule has 0 saturated carbocycles. The number of ether oxygens (including phenoxy) is 1. The third-order valence-corrected chi connectivity index (χ3v) is 4.58. The van der Waals surface area contributed by atoms with Gasteiger partial charge in [-0.25, -0.2) is 0 Å². The lowest BCUT2D eigenvalue weighted by Crippen LogP contribution is -2.06. The Morgan fingerprint density at radius 3 is 2.21 bits per heavy atom. The fourth-order valence-corrected chi connectivity index (χ4v) is 3.12. The standard InChI is InChI=1S/C22H20ClN3O2/c1-13-10-18(25-26-19-9-8-17(24)12-20(19)28-3)11-14(2)21(13)22(27)15-4-6-16(23)7-5-15/h4-12H,24H2,1-3H3. The number of ketones is 1. The molecule has 0 radical (unpaired) electrons. The number of nitrogens with zero attached hydrogens (tertiary/aromatic N) is 2. The number of carbonyl (C=O) groups excluding carboxylic acids is 1. The van der Waals surface area contributed by atoms with Crippen molar-refractivity contribution in [3.63, 3.8) is 0 Å². The summed E-state index contributed by atoms with van der Waals surface area (Å²) >= 11 is 5.91. The Bertz CT molecular complexity index is 1040. The van der Waals surface area contributed by atoms with Crippen molar-refractivity contribution in [2.75, 3.05) is 12.8 Å². The molecule has 0 spiro atoms. The van der Waals surface area contributed by atoms with E-state index < -0.39 is 0 Å². The minimum atomic E-state index is -0.0460. The molecule has 0 bridgehead atoms. The molecule has 142 valence electrons. The van der Waals surface area contributed by atoms with Crippen molar-refractivity contribution in [2.45, 2.75) is 13.8 Å². The molecule has 0 aromatic heterocycles. The van der Waals surface area contributed by atoms with E-state index in [1.165, 1.54) is 0 Å². The van der Waals surface area contributed by atoms with Crippen molar-refractivity contribution in [3.8, 4) is 5.75 Å². The second-order valence-electron chi connectivity index (χ2n) is 6.42. The van der Waals surface area contributed by atoms with Gasteiger partial charge in [0.2, 0.25) is 0 Å². The monoisotopic (exact) mass is 393 g/mol. The van der Waals surface area contributed by atoms with Crippen LogP contribution in [0.3, 0.4) is 0 Å². The van der Waals surface area contributed by atoms with Crippen LogP contribution in [-0.4, -0.2) is 12.9 Å². The van der Waals surface area contributed by atoms with E-state index in [1.54, 1.807) is 49.6 Å². The first-order valence-electron chi connectivity index (χ1n) is 8.66. The molecular formula is C22H20ClN3O2. The van der Waals surface area contributed by atoms with Gasteiger partial charge < -0.3 is 10.5 Å². The van der Waals surface area contributed by atoms with E-state index >= 15 is 0 Å². The van der Waals surface area contributed by atoms with Crippen LogP contribution >= 0.6 is 11.6 Å². The number of hydrogen-bond acceptors (Lipinski definition) is 5. The highest BCUT2D eigenvalue weighted by Crippen LogP contribution is 2.32. The number of nitrogen functional groups attached to an aromatic ring is 1. The minimum Gasteiger partial charge on any atom is -0.494 e. The van der Waals surface area contributed by atoms with Crippen molar-refractivity contribution < 1.29 is 9.53 Å². The first kappa shape index (κ1) is 19.6. The van der Waals surface area contributed by atoms with Crippen LogP contribution in [-0.2, 0) is 0 Å². The molecule has 0 fully saturated rings. The summed E-state index contributed by atoms with van der Waals surface area (Å²) in [7, 11) is 1.55. The first-order chi connectivity index (χ1) is 13.4. The zero-order chi connectivity index (χ0) is 20.3. The highest BCUT2D eigenvalue weighted by Gasteiger charge is 2.15. The largest absolute Gasteiger partial charge is 0.494 e. The van der Waals surface area contributed by atoms with Gasteiger partial charge in [0.1, 0.15) is 11.4 Å². The number of azo groups is 1. The number of hydrogen-bond donors (Lipinski definition) is 1. The molecule has 28 heavy (non-hydrogen) atoms. The number of aryl methyl sites for hydroxylation is 2. The summed E-state index contributed by atoms with van der Waals surface area (Å²) in [5.41, 5.74) is 10.5. The topological polar surface area (TPSA) is 77.0 Å². The lowest BCUT2D eigenvalue weighted by molar-refractivity contribution is 0.103. The summed E-state index contributed by atoms with van der Waals surface area (Å²) in [6.45, 7) is 3.78. The Hall–Kier alpha value is -3.18. The van der Waals surface area contributed by atoms with Crippen molar-refractivity contribution in [1.82, 2.24) is 0 Å². The van der Waals surface area contributed by atoms with E-state index in [9.17, 15) is 4.79 Å². The predicted molar refractivity (Wildman–Crippen MR) is 112 cm³/mol. The fraction of sp³-hybridized carbons (Fsp3) is 0.136. The van der Waals surface area contributed by atoms with Gasteiger partial charge in [-0.15, -0.1) is 5.11 Å². The number of halogens is 1. The van der Waals surface area contributed by atoms with Gasteiger partial charge in [0.25, 0.3) is 0 Å². The fourth-order valence-electron chi connectivity index (χ4n) is 2.99. The quantitative estimate of drug-likeness (QED) is 0.318. The van der Waals surface area contributed by atoms with Crippen LogP contribution in [0.2, 0.25) is 5.02 Å². The molecule has 0 aliphatic heterocycles. The molecule has 0 atom stereocenters. The molecule has 0 heterocycles. The molecule has 0 saturated heterocycles. The molecule has 3 rings (SSSR count). The van der Waals surface area contributed by atoms with E-state index in [0.717, 1.165) is 11.1 Å². The molecule has 3 aromatic rings. The van der Waals surface area contributed by atoms with E-state index in [2.05, 4.69) is 10.2 Å². The molecular weight excluding hydrogens is 374 g/mol. The van der Waals surface area contributed by atoms with Crippen LogP contribution in [0.25, 0.3) is 0 Å². The second kappa shape index (κ2) is 8.23. The Labute approximate surface area is 168 Å². The van der Waals surface area contributed by atoms with Crippen molar-refractivity contribution >= 4 is 34.4 Å². The molecule has 0 unspecified atom stereocenters. The van der Waals surface area contributed by atoms with E-state index in [4.69, 9.17) is 22.1 Å². The van der Waals surface area contributed by atoms with Gasteiger partial charge in [-0.3, -0.25) is 4.79 Å². The molecule has 0 amide bonds. The van der Waals surface area contributed by atoms with Gasteiger partial charge in [-0.2, -0.15) is 5.11 Å². The van der Waals surface area contributed by atoms with Crippen molar-refractivity contribution in [2.24, 2.45) is 10.2 Å². The number of benzene rings is 3. The minimum absolute atomic E-state index is 0.0460. The molecule has 0 aliphatic rings. The normalized spacial score (nSPS) is 11.0. The lowest BCUT2D eigenvalue weighted by atomic mass is 9.94. The zero-order valence-corrected chi connectivity index (χ0v) is 16.6. The van der Waals surface area contributed by atoms with Crippen LogP contribution in [0.5, 0.6) is 5.75 Å². The zero-order valence-electron chi connectivity index (χ0n) is 15.9. The predicted octanol–water partition coefficient (Wildman–Crippen LogP) is 6.19. The Morgan fingerprint density at radius 2 is 1.61 bits per heavy atom. The van der Waals surface area contributed by atoms with Gasteiger partial charge in [0.05, 0.1) is 12.8 Å². The van der Waals surface area contributed by atoms with Crippen LogP contribution in [0.15, 0.2) is 64.8 Å². The number of carbonyl (C=O) groups is 1. The number of methoxy groups -OCH3 is 1. The first-order valence-corrected chi connectivity index (χ1v) is 9.03. The Morgan fingerprint density at radius 1 is 0.964 bits per heavy atom. The number of rotatable bonds is 5.